The van der Waals surface area contributed by atoms with Gasteiger partial charge in [-0.2, -0.15) is 5.26 Å². The minimum absolute atomic E-state index is 0.0490. The second-order valence-corrected chi connectivity index (χ2v) is 3.13. The van der Waals surface area contributed by atoms with Crippen LogP contribution in [0.4, 0.5) is 0 Å². The van der Waals surface area contributed by atoms with Crippen molar-refractivity contribution in [2.45, 2.75) is 12.8 Å². The van der Waals surface area contributed by atoms with Gasteiger partial charge in [-0.3, -0.25) is 9.69 Å². The maximum absolute atomic E-state index is 10.8. The van der Waals surface area contributed by atoms with Gasteiger partial charge in [0, 0.05) is 6.54 Å². The molecule has 1 saturated heterocycles. The van der Waals surface area contributed by atoms with E-state index in [4.69, 9.17) is 11.0 Å². The lowest BCUT2D eigenvalue weighted by atomic mass is 9.98. The Morgan fingerprint density at radius 2 is 2.50 bits per heavy atom. The fourth-order valence-corrected chi connectivity index (χ4v) is 1.53. The van der Waals surface area contributed by atoms with Gasteiger partial charge in [-0.1, -0.05) is 0 Å². The number of carbonyl (C=O) groups excluding carboxylic acids is 1. The van der Waals surface area contributed by atoms with Crippen molar-refractivity contribution in [2.24, 2.45) is 11.7 Å². The van der Waals surface area contributed by atoms with Gasteiger partial charge in [0.25, 0.3) is 0 Å². The van der Waals surface area contributed by atoms with E-state index < -0.39 is 0 Å². The molecule has 0 aliphatic carbocycles. The number of hydrogen-bond donors (Lipinski definition) is 1. The van der Waals surface area contributed by atoms with Crippen LogP contribution in [0.5, 0.6) is 0 Å². The molecule has 1 aliphatic rings. The predicted molar refractivity (Wildman–Crippen MR) is 44.0 cm³/mol. The molecule has 0 aromatic rings. The maximum atomic E-state index is 10.8. The largest absolute Gasteiger partial charge is 0.369 e. The van der Waals surface area contributed by atoms with Crippen LogP contribution in [0.15, 0.2) is 0 Å². The summed E-state index contributed by atoms with van der Waals surface area (Å²) < 4.78 is 0. The Balaban J connectivity index is 2.41. The Labute approximate surface area is 71.9 Å². The van der Waals surface area contributed by atoms with Gasteiger partial charge in [-0.15, -0.1) is 0 Å². The molecule has 0 radical (unpaired) electrons. The molecule has 0 aromatic carbocycles. The Morgan fingerprint density at radius 3 is 3.08 bits per heavy atom. The molecule has 1 amide bonds. The highest BCUT2D eigenvalue weighted by atomic mass is 16.1. The van der Waals surface area contributed by atoms with Crippen molar-refractivity contribution in [1.82, 2.24) is 4.90 Å². The zero-order valence-corrected chi connectivity index (χ0v) is 6.99. The lowest BCUT2D eigenvalue weighted by molar-refractivity contribution is -0.123. The number of piperidine rings is 1. The number of amides is 1. The van der Waals surface area contributed by atoms with Crippen LogP contribution in [0.2, 0.25) is 0 Å². The van der Waals surface area contributed by atoms with Crippen molar-refractivity contribution in [1.29, 1.82) is 5.26 Å². The number of carbonyl (C=O) groups is 1. The monoisotopic (exact) mass is 167 g/mol. The van der Waals surface area contributed by atoms with E-state index in [9.17, 15) is 4.79 Å². The summed E-state index contributed by atoms with van der Waals surface area (Å²) >= 11 is 0. The van der Waals surface area contributed by atoms with E-state index in [1.54, 1.807) is 0 Å². The van der Waals surface area contributed by atoms with Crippen LogP contribution >= 0.6 is 0 Å². The highest BCUT2D eigenvalue weighted by Gasteiger charge is 2.23. The van der Waals surface area contributed by atoms with Crippen LogP contribution in [-0.4, -0.2) is 30.4 Å². The van der Waals surface area contributed by atoms with Crippen LogP contribution in [0, 0.1) is 17.2 Å². The first-order valence-electron chi connectivity index (χ1n) is 4.12. The number of nitrogens with two attached hydrogens (primary N) is 1. The molecule has 1 aliphatic heterocycles. The van der Waals surface area contributed by atoms with E-state index in [-0.39, 0.29) is 11.8 Å². The molecule has 2 N–H and O–H groups in total. The minimum atomic E-state index is -0.238. The van der Waals surface area contributed by atoms with E-state index in [0.29, 0.717) is 13.1 Å². The molecule has 1 atom stereocenters. The SMILES string of the molecule is N#CCN1CCC[C@@H](C(N)=O)C1. The molecule has 0 aromatic heterocycles. The van der Waals surface area contributed by atoms with Crippen LogP contribution in [0.1, 0.15) is 12.8 Å². The predicted octanol–water partition coefficient (Wildman–Crippen LogP) is -0.293. The van der Waals surface area contributed by atoms with Gasteiger partial charge in [0.15, 0.2) is 0 Å². The van der Waals surface area contributed by atoms with E-state index in [1.807, 2.05) is 4.90 Å². The van der Waals surface area contributed by atoms with Crippen LogP contribution < -0.4 is 5.73 Å². The molecule has 0 bridgehead atoms. The fraction of sp³-hybridized carbons (Fsp3) is 0.750. The standard InChI is InChI=1S/C8H13N3O/c9-3-5-11-4-1-2-7(6-11)8(10)12/h7H,1-2,4-6H2,(H2,10,12)/t7-/m1/s1. The van der Waals surface area contributed by atoms with Crippen LogP contribution in [0.3, 0.4) is 0 Å². The molecule has 0 saturated carbocycles. The van der Waals surface area contributed by atoms with Crippen molar-refractivity contribution >= 4 is 5.91 Å². The summed E-state index contributed by atoms with van der Waals surface area (Å²) in [6, 6.07) is 2.07. The molecule has 4 heteroatoms. The number of primary amides is 1. The van der Waals surface area contributed by atoms with Crippen LogP contribution in [-0.2, 0) is 4.79 Å². The first kappa shape index (κ1) is 9.01. The van der Waals surface area contributed by atoms with E-state index in [2.05, 4.69) is 6.07 Å². The van der Waals surface area contributed by atoms with Crippen LogP contribution in [0.25, 0.3) is 0 Å². The van der Waals surface area contributed by atoms with Gasteiger partial charge < -0.3 is 5.73 Å². The van der Waals surface area contributed by atoms with E-state index in [0.717, 1.165) is 19.4 Å². The third kappa shape index (κ3) is 2.21. The third-order valence-electron chi connectivity index (χ3n) is 2.20. The van der Waals surface area contributed by atoms with Gasteiger partial charge in [0.2, 0.25) is 5.91 Å². The van der Waals surface area contributed by atoms with Crippen molar-refractivity contribution in [2.75, 3.05) is 19.6 Å². The zero-order chi connectivity index (χ0) is 8.97. The quantitative estimate of drug-likeness (QED) is 0.574. The van der Waals surface area contributed by atoms with Gasteiger partial charge in [-0.05, 0) is 19.4 Å². The summed E-state index contributed by atoms with van der Waals surface area (Å²) in [5, 5.41) is 8.44. The molecule has 0 unspecified atom stereocenters. The van der Waals surface area contributed by atoms with Gasteiger partial charge in [0.05, 0.1) is 18.5 Å². The van der Waals surface area contributed by atoms with Crippen molar-refractivity contribution < 1.29 is 4.79 Å². The molecule has 1 fully saturated rings. The number of hydrogen-bond acceptors (Lipinski definition) is 3. The topological polar surface area (TPSA) is 70.1 Å². The molecular formula is C8H13N3O. The Kier molecular flexibility index (Phi) is 3.06. The highest BCUT2D eigenvalue weighted by Crippen LogP contribution is 2.14. The average molecular weight is 167 g/mol. The summed E-state index contributed by atoms with van der Waals surface area (Å²) in [4.78, 5) is 12.8. The average Bonchev–Trinajstić information content (AvgIpc) is 2.05. The molecule has 1 heterocycles. The summed E-state index contributed by atoms with van der Waals surface area (Å²) in [5.74, 6) is -0.287. The summed E-state index contributed by atoms with van der Waals surface area (Å²) in [6.07, 6.45) is 1.84. The Bertz CT molecular complexity index is 209. The third-order valence-corrected chi connectivity index (χ3v) is 2.20. The number of nitriles is 1. The Hall–Kier alpha value is -1.08. The smallest absolute Gasteiger partial charge is 0.221 e. The van der Waals surface area contributed by atoms with Crippen molar-refractivity contribution in [3.8, 4) is 6.07 Å². The minimum Gasteiger partial charge on any atom is -0.369 e. The lowest BCUT2D eigenvalue weighted by Gasteiger charge is -2.28. The summed E-state index contributed by atoms with van der Waals surface area (Å²) in [5.41, 5.74) is 5.18. The second kappa shape index (κ2) is 4.07. The summed E-state index contributed by atoms with van der Waals surface area (Å²) in [6.45, 7) is 1.98. The van der Waals surface area contributed by atoms with Gasteiger partial charge in [0.1, 0.15) is 0 Å². The molecule has 12 heavy (non-hydrogen) atoms. The zero-order valence-electron chi connectivity index (χ0n) is 6.99. The fourth-order valence-electron chi connectivity index (χ4n) is 1.53. The number of nitrogens with zero attached hydrogens (tertiary/aromatic N) is 2. The normalized spacial score (nSPS) is 24.8. The van der Waals surface area contributed by atoms with Crippen molar-refractivity contribution in [3.63, 3.8) is 0 Å². The van der Waals surface area contributed by atoms with E-state index in [1.165, 1.54) is 0 Å². The molecular weight excluding hydrogens is 154 g/mol. The number of likely N-dealkylation sites (tertiary alicyclic amines) is 1. The van der Waals surface area contributed by atoms with Crippen molar-refractivity contribution in [3.05, 3.63) is 0 Å². The van der Waals surface area contributed by atoms with E-state index >= 15 is 0 Å². The maximum Gasteiger partial charge on any atom is 0.221 e. The summed E-state index contributed by atoms with van der Waals surface area (Å²) in [7, 11) is 0. The number of rotatable bonds is 2. The Morgan fingerprint density at radius 1 is 1.75 bits per heavy atom. The lowest BCUT2D eigenvalue weighted by Crippen LogP contribution is -2.41. The molecule has 1 rings (SSSR count). The first-order chi connectivity index (χ1) is 5.74. The first-order valence-corrected chi connectivity index (χ1v) is 4.12. The van der Waals surface area contributed by atoms with Gasteiger partial charge >= 0.3 is 0 Å². The van der Waals surface area contributed by atoms with Gasteiger partial charge in [-0.25, -0.2) is 0 Å². The molecule has 4 nitrogen and oxygen atoms in total. The molecule has 0 spiro atoms. The molecule has 66 valence electrons. The second-order valence-electron chi connectivity index (χ2n) is 3.13. The highest BCUT2D eigenvalue weighted by molar-refractivity contribution is 5.76.